The standard InChI is InChI=1S/C7H14F2N2/c1-11-3-2-10-6(5-11)4-7(8)9/h6-7,10H,2-5H2,1H3. The number of nitrogens with zero attached hydrogens (tertiary/aromatic N) is 1. The molecule has 1 atom stereocenters. The summed E-state index contributed by atoms with van der Waals surface area (Å²) in [5, 5.41) is 3.06. The molecule has 1 unspecified atom stereocenters. The lowest BCUT2D eigenvalue weighted by Crippen LogP contribution is -2.49. The summed E-state index contributed by atoms with van der Waals surface area (Å²) in [5.74, 6) is 0. The van der Waals surface area contributed by atoms with Gasteiger partial charge in [0, 0.05) is 32.1 Å². The van der Waals surface area contributed by atoms with Crippen molar-refractivity contribution in [1.29, 1.82) is 0 Å². The summed E-state index contributed by atoms with van der Waals surface area (Å²) >= 11 is 0. The van der Waals surface area contributed by atoms with E-state index in [-0.39, 0.29) is 12.5 Å². The molecule has 4 heteroatoms. The van der Waals surface area contributed by atoms with Crippen molar-refractivity contribution in [1.82, 2.24) is 10.2 Å². The quantitative estimate of drug-likeness (QED) is 0.641. The van der Waals surface area contributed by atoms with Gasteiger partial charge in [0.15, 0.2) is 0 Å². The predicted octanol–water partition coefficient (Wildman–Crippen LogP) is 0.545. The van der Waals surface area contributed by atoms with Crippen LogP contribution in [0.25, 0.3) is 0 Å². The summed E-state index contributed by atoms with van der Waals surface area (Å²) in [4.78, 5) is 2.07. The van der Waals surface area contributed by atoms with E-state index < -0.39 is 6.43 Å². The number of hydrogen-bond acceptors (Lipinski definition) is 2. The van der Waals surface area contributed by atoms with Crippen LogP contribution in [0.3, 0.4) is 0 Å². The first-order chi connectivity index (χ1) is 5.18. The Morgan fingerprint density at radius 1 is 1.64 bits per heavy atom. The molecule has 1 fully saturated rings. The van der Waals surface area contributed by atoms with Crippen LogP contribution in [-0.4, -0.2) is 44.0 Å². The molecule has 0 bridgehead atoms. The zero-order valence-corrected chi connectivity index (χ0v) is 6.69. The Morgan fingerprint density at radius 2 is 2.36 bits per heavy atom. The van der Waals surface area contributed by atoms with E-state index in [1.165, 1.54) is 0 Å². The first kappa shape index (κ1) is 8.87. The van der Waals surface area contributed by atoms with Gasteiger partial charge >= 0.3 is 0 Å². The van der Waals surface area contributed by atoms with Gasteiger partial charge in [-0.2, -0.15) is 0 Å². The molecule has 0 aromatic heterocycles. The van der Waals surface area contributed by atoms with E-state index >= 15 is 0 Å². The number of rotatable bonds is 2. The highest BCUT2D eigenvalue weighted by Gasteiger charge is 2.19. The van der Waals surface area contributed by atoms with Crippen LogP contribution in [-0.2, 0) is 0 Å². The van der Waals surface area contributed by atoms with Gasteiger partial charge in [-0.3, -0.25) is 0 Å². The third kappa shape index (κ3) is 3.12. The van der Waals surface area contributed by atoms with E-state index in [4.69, 9.17) is 0 Å². The normalized spacial score (nSPS) is 27.8. The smallest absolute Gasteiger partial charge is 0.240 e. The van der Waals surface area contributed by atoms with E-state index in [0.717, 1.165) is 19.6 Å². The van der Waals surface area contributed by atoms with Gasteiger partial charge < -0.3 is 10.2 Å². The second kappa shape index (κ2) is 3.97. The maximum atomic E-state index is 11.9. The van der Waals surface area contributed by atoms with Crippen molar-refractivity contribution >= 4 is 0 Å². The van der Waals surface area contributed by atoms with E-state index in [2.05, 4.69) is 10.2 Å². The van der Waals surface area contributed by atoms with Crippen LogP contribution in [0.15, 0.2) is 0 Å². The number of halogens is 2. The minimum absolute atomic E-state index is 0.0197. The van der Waals surface area contributed by atoms with Crippen molar-refractivity contribution in [2.75, 3.05) is 26.7 Å². The number of piperazine rings is 1. The van der Waals surface area contributed by atoms with Crippen LogP contribution in [0.1, 0.15) is 6.42 Å². The van der Waals surface area contributed by atoms with Crippen LogP contribution < -0.4 is 5.32 Å². The monoisotopic (exact) mass is 164 g/mol. The van der Waals surface area contributed by atoms with Gasteiger partial charge in [-0.05, 0) is 7.05 Å². The Balaban J connectivity index is 2.23. The number of nitrogens with one attached hydrogen (secondary N) is 1. The van der Waals surface area contributed by atoms with E-state index in [1.54, 1.807) is 0 Å². The number of likely N-dealkylation sites (N-methyl/N-ethyl adjacent to an activating group) is 1. The summed E-state index contributed by atoms with van der Waals surface area (Å²) in [6.45, 7) is 2.53. The summed E-state index contributed by atoms with van der Waals surface area (Å²) in [6, 6.07) is -0.0197. The minimum Gasteiger partial charge on any atom is -0.311 e. The van der Waals surface area contributed by atoms with E-state index in [1.807, 2.05) is 7.05 Å². The molecule has 1 rings (SSSR count). The van der Waals surface area contributed by atoms with Crippen molar-refractivity contribution in [3.63, 3.8) is 0 Å². The second-order valence-corrected chi connectivity index (χ2v) is 3.04. The molecule has 0 spiro atoms. The van der Waals surface area contributed by atoms with Crippen LogP contribution in [0, 0.1) is 0 Å². The fourth-order valence-electron chi connectivity index (χ4n) is 1.36. The first-order valence-electron chi connectivity index (χ1n) is 3.88. The van der Waals surface area contributed by atoms with Crippen LogP contribution >= 0.6 is 0 Å². The molecule has 11 heavy (non-hydrogen) atoms. The number of alkyl halides is 2. The first-order valence-corrected chi connectivity index (χ1v) is 3.88. The fourth-order valence-corrected chi connectivity index (χ4v) is 1.36. The molecule has 1 N–H and O–H groups in total. The van der Waals surface area contributed by atoms with Crippen molar-refractivity contribution in [3.05, 3.63) is 0 Å². The molecular formula is C7H14F2N2. The van der Waals surface area contributed by atoms with Crippen molar-refractivity contribution < 1.29 is 8.78 Å². The maximum Gasteiger partial charge on any atom is 0.240 e. The van der Waals surface area contributed by atoms with Gasteiger partial charge in [0.2, 0.25) is 6.43 Å². The molecule has 66 valence electrons. The summed E-state index contributed by atoms with van der Waals surface area (Å²) in [5.41, 5.74) is 0. The Kier molecular flexibility index (Phi) is 3.20. The fraction of sp³-hybridized carbons (Fsp3) is 1.00. The van der Waals surface area contributed by atoms with Gasteiger partial charge in [0.1, 0.15) is 0 Å². The number of hydrogen-bond donors (Lipinski definition) is 1. The zero-order valence-electron chi connectivity index (χ0n) is 6.69. The lowest BCUT2D eigenvalue weighted by molar-refractivity contribution is 0.104. The SMILES string of the molecule is CN1CCNC(CC(F)F)C1. The highest BCUT2D eigenvalue weighted by Crippen LogP contribution is 2.07. The van der Waals surface area contributed by atoms with Gasteiger partial charge in [0.25, 0.3) is 0 Å². The van der Waals surface area contributed by atoms with Gasteiger partial charge in [-0.15, -0.1) is 0 Å². The molecule has 0 amide bonds. The average molecular weight is 164 g/mol. The van der Waals surface area contributed by atoms with Crippen LogP contribution in [0.5, 0.6) is 0 Å². The van der Waals surface area contributed by atoms with Gasteiger partial charge in [-0.25, -0.2) is 8.78 Å². The highest BCUT2D eigenvalue weighted by atomic mass is 19.3. The van der Waals surface area contributed by atoms with Crippen molar-refractivity contribution in [3.8, 4) is 0 Å². The Bertz CT molecular complexity index is 117. The molecule has 1 aliphatic rings. The Morgan fingerprint density at radius 3 is 2.91 bits per heavy atom. The molecule has 0 radical (unpaired) electrons. The molecule has 1 saturated heterocycles. The zero-order chi connectivity index (χ0) is 8.27. The molecule has 2 nitrogen and oxygen atoms in total. The largest absolute Gasteiger partial charge is 0.311 e. The topological polar surface area (TPSA) is 15.3 Å². The van der Waals surface area contributed by atoms with Gasteiger partial charge in [-0.1, -0.05) is 0 Å². The van der Waals surface area contributed by atoms with E-state index in [0.29, 0.717) is 0 Å². The maximum absolute atomic E-state index is 11.9. The third-order valence-electron chi connectivity index (χ3n) is 1.92. The van der Waals surface area contributed by atoms with Crippen LogP contribution in [0.2, 0.25) is 0 Å². The van der Waals surface area contributed by atoms with Gasteiger partial charge in [0.05, 0.1) is 0 Å². The summed E-state index contributed by atoms with van der Waals surface area (Å²) < 4.78 is 23.8. The highest BCUT2D eigenvalue weighted by molar-refractivity contribution is 4.76. The van der Waals surface area contributed by atoms with E-state index in [9.17, 15) is 8.78 Å². The van der Waals surface area contributed by atoms with Crippen molar-refractivity contribution in [2.24, 2.45) is 0 Å². The lowest BCUT2D eigenvalue weighted by Gasteiger charge is -2.30. The average Bonchev–Trinajstić information content (AvgIpc) is 1.85. The summed E-state index contributed by atoms with van der Waals surface area (Å²) in [6.07, 6.45) is -2.20. The van der Waals surface area contributed by atoms with Crippen LogP contribution in [0.4, 0.5) is 8.78 Å². The summed E-state index contributed by atoms with van der Waals surface area (Å²) in [7, 11) is 1.96. The molecule has 0 aromatic rings. The Labute approximate surface area is 65.6 Å². The predicted molar refractivity (Wildman–Crippen MR) is 39.9 cm³/mol. The minimum atomic E-state index is -2.18. The molecular weight excluding hydrogens is 150 g/mol. The van der Waals surface area contributed by atoms with Crippen molar-refractivity contribution in [2.45, 2.75) is 18.9 Å². The molecule has 0 saturated carbocycles. The third-order valence-corrected chi connectivity index (χ3v) is 1.92. The second-order valence-electron chi connectivity index (χ2n) is 3.04. The molecule has 0 aromatic carbocycles. The Hall–Kier alpha value is -0.220. The lowest BCUT2D eigenvalue weighted by atomic mass is 10.1. The molecule has 1 heterocycles. The molecule has 0 aliphatic carbocycles. The molecule has 1 aliphatic heterocycles.